The number of morpholine rings is 1. The number of nitrogens with one attached hydrogen (secondary N) is 1. The van der Waals surface area contributed by atoms with Crippen LogP contribution in [-0.2, 0) is 10.3 Å². The summed E-state index contributed by atoms with van der Waals surface area (Å²) in [6, 6.07) is 6.69. The van der Waals surface area contributed by atoms with Gasteiger partial charge in [-0.3, -0.25) is 0 Å². The van der Waals surface area contributed by atoms with Crippen molar-refractivity contribution in [2.45, 2.75) is 37.5 Å². The summed E-state index contributed by atoms with van der Waals surface area (Å²) < 4.78 is 6.06. The van der Waals surface area contributed by atoms with Crippen molar-refractivity contribution in [2.75, 3.05) is 6.61 Å². The molecule has 0 radical (unpaired) electrons. The maximum absolute atomic E-state index is 6.11. The zero-order chi connectivity index (χ0) is 12.0. The summed E-state index contributed by atoms with van der Waals surface area (Å²) >= 11 is 12.1. The minimum Gasteiger partial charge on any atom is -0.367 e. The fourth-order valence-corrected chi connectivity index (χ4v) is 3.41. The van der Waals surface area contributed by atoms with Gasteiger partial charge in [-0.25, -0.2) is 0 Å². The zero-order valence-electron chi connectivity index (χ0n) is 9.67. The Morgan fingerprint density at radius 1 is 1.41 bits per heavy atom. The first kappa shape index (κ1) is 11.8. The van der Waals surface area contributed by atoms with E-state index in [0.29, 0.717) is 22.1 Å². The van der Waals surface area contributed by atoms with E-state index < -0.39 is 0 Å². The molecule has 0 spiro atoms. The third-order valence-electron chi connectivity index (χ3n) is 3.91. The van der Waals surface area contributed by atoms with E-state index in [9.17, 15) is 0 Å². The summed E-state index contributed by atoms with van der Waals surface area (Å²) in [6.07, 6.45) is 2.08. The van der Waals surface area contributed by atoms with Crippen molar-refractivity contribution >= 4 is 23.2 Å². The lowest BCUT2D eigenvalue weighted by atomic mass is 9.85. The molecule has 2 bridgehead atoms. The Hall–Kier alpha value is -0.280. The molecule has 0 saturated carbocycles. The molecular formula is C13H15Cl2NO. The van der Waals surface area contributed by atoms with Gasteiger partial charge in [-0.2, -0.15) is 0 Å². The third-order valence-corrected chi connectivity index (χ3v) is 4.65. The molecule has 2 aliphatic rings. The molecule has 1 aromatic carbocycles. The Morgan fingerprint density at radius 3 is 2.88 bits per heavy atom. The molecule has 1 aromatic rings. The molecule has 92 valence electrons. The van der Waals surface area contributed by atoms with Crippen LogP contribution >= 0.6 is 23.2 Å². The lowest BCUT2D eigenvalue weighted by Crippen LogP contribution is -2.47. The van der Waals surface area contributed by atoms with Gasteiger partial charge in [0.2, 0.25) is 0 Å². The van der Waals surface area contributed by atoms with E-state index in [1.807, 2.05) is 18.2 Å². The second-order valence-electron chi connectivity index (χ2n) is 4.86. The molecule has 4 heteroatoms. The van der Waals surface area contributed by atoms with Crippen molar-refractivity contribution in [3.8, 4) is 0 Å². The Balaban J connectivity index is 2.04. The molecule has 17 heavy (non-hydrogen) atoms. The maximum atomic E-state index is 6.11. The van der Waals surface area contributed by atoms with Crippen molar-refractivity contribution < 1.29 is 4.74 Å². The first-order chi connectivity index (χ1) is 8.15. The predicted molar refractivity (Wildman–Crippen MR) is 69.7 cm³/mol. The number of hydrogen-bond acceptors (Lipinski definition) is 2. The average molecular weight is 272 g/mol. The van der Waals surface area contributed by atoms with Gasteiger partial charge in [0.25, 0.3) is 0 Å². The number of hydrogen-bond donors (Lipinski definition) is 1. The van der Waals surface area contributed by atoms with Gasteiger partial charge in [0.05, 0.1) is 16.7 Å². The largest absolute Gasteiger partial charge is 0.367 e. The summed E-state index contributed by atoms with van der Waals surface area (Å²) in [5.41, 5.74) is 0.944. The van der Waals surface area contributed by atoms with Crippen LogP contribution < -0.4 is 5.32 Å². The van der Waals surface area contributed by atoms with Crippen LogP contribution in [-0.4, -0.2) is 18.7 Å². The van der Waals surface area contributed by atoms with Crippen LogP contribution in [0.4, 0.5) is 0 Å². The summed E-state index contributed by atoms with van der Waals surface area (Å²) in [5.74, 6) is 0. The molecule has 0 aliphatic carbocycles. The van der Waals surface area contributed by atoms with Crippen LogP contribution in [0.5, 0.6) is 0 Å². The lowest BCUT2D eigenvalue weighted by molar-refractivity contribution is -0.0433. The second kappa shape index (κ2) is 4.13. The van der Waals surface area contributed by atoms with Crippen LogP contribution in [0.25, 0.3) is 0 Å². The van der Waals surface area contributed by atoms with E-state index in [2.05, 4.69) is 12.2 Å². The van der Waals surface area contributed by atoms with Crippen LogP contribution in [0.15, 0.2) is 18.2 Å². The van der Waals surface area contributed by atoms with Crippen LogP contribution in [0, 0.1) is 0 Å². The molecule has 3 atom stereocenters. The zero-order valence-corrected chi connectivity index (χ0v) is 11.2. The highest BCUT2D eigenvalue weighted by molar-refractivity contribution is 6.42. The number of benzene rings is 1. The highest BCUT2D eigenvalue weighted by Gasteiger charge is 2.53. The quantitative estimate of drug-likeness (QED) is 0.891. The Bertz CT molecular complexity index is 451. The minimum atomic E-state index is -0.201. The molecule has 1 N–H and O–H groups in total. The van der Waals surface area contributed by atoms with Gasteiger partial charge in [-0.05, 0) is 30.5 Å². The smallest absolute Gasteiger partial charge is 0.110 e. The summed E-state index contributed by atoms with van der Waals surface area (Å²) in [7, 11) is 0. The Morgan fingerprint density at radius 2 is 2.24 bits per heavy atom. The SMILES string of the molecule is CCC1NC2COC1(c1ccc(Cl)c(Cl)c1)C2. The van der Waals surface area contributed by atoms with E-state index in [-0.39, 0.29) is 5.60 Å². The molecule has 2 saturated heterocycles. The lowest BCUT2D eigenvalue weighted by Gasteiger charge is -2.35. The highest BCUT2D eigenvalue weighted by atomic mass is 35.5. The van der Waals surface area contributed by atoms with Gasteiger partial charge < -0.3 is 10.1 Å². The van der Waals surface area contributed by atoms with Crippen LogP contribution in [0.1, 0.15) is 25.3 Å². The van der Waals surface area contributed by atoms with Gasteiger partial charge in [-0.15, -0.1) is 0 Å². The number of fused-ring (bicyclic) bond motifs is 2. The van der Waals surface area contributed by atoms with Crippen LogP contribution in [0.2, 0.25) is 10.0 Å². The molecule has 2 heterocycles. The molecule has 2 fully saturated rings. The van der Waals surface area contributed by atoms with Gasteiger partial charge in [-0.1, -0.05) is 36.2 Å². The molecule has 3 rings (SSSR count). The molecule has 0 amide bonds. The maximum Gasteiger partial charge on any atom is 0.110 e. The average Bonchev–Trinajstić information content (AvgIpc) is 2.90. The standard InChI is InChI=1S/C13H15Cl2NO/c1-2-12-13(6-9(16-12)7-17-13)8-3-4-10(14)11(15)5-8/h3-5,9,12,16H,2,6-7H2,1H3. The topological polar surface area (TPSA) is 21.3 Å². The van der Waals surface area contributed by atoms with Crippen molar-refractivity contribution in [2.24, 2.45) is 0 Å². The van der Waals surface area contributed by atoms with E-state index in [1.54, 1.807) is 0 Å². The van der Waals surface area contributed by atoms with Gasteiger partial charge in [0.15, 0.2) is 0 Å². The number of ether oxygens (including phenoxy) is 1. The summed E-state index contributed by atoms with van der Waals surface area (Å²) in [6.45, 7) is 2.97. The van der Waals surface area contributed by atoms with Crippen molar-refractivity contribution in [3.05, 3.63) is 33.8 Å². The van der Waals surface area contributed by atoms with Crippen molar-refractivity contribution in [1.29, 1.82) is 0 Å². The summed E-state index contributed by atoms with van der Waals surface area (Å²) in [4.78, 5) is 0. The van der Waals surface area contributed by atoms with Gasteiger partial charge in [0, 0.05) is 12.1 Å². The first-order valence-corrected chi connectivity index (χ1v) is 6.77. The third kappa shape index (κ3) is 1.70. The van der Waals surface area contributed by atoms with E-state index >= 15 is 0 Å². The summed E-state index contributed by atoms with van der Waals surface area (Å²) in [5, 5.41) is 4.81. The molecule has 2 nitrogen and oxygen atoms in total. The normalized spacial score (nSPS) is 35.5. The molecular weight excluding hydrogens is 257 g/mol. The fraction of sp³-hybridized carbons (Fsp3) is 0.538. The Kier molecular flexibility index (Phi) is 2.86. The van der Waals surface area contributed by atoms with Crippen LogP contribution in [0.3, 0.4) is 0 Å². The fourth-order valence-electron chi connectivity index (χ4n) is 3.11. The van der Waals surface area contributed by atoms with E-state index in [1.165, 1.54) is 0 Å². The highest BCUT2D eigenvalue weighted by Crippen LogP contribution is 2.46. The van der Waals surface area contributed by atoms with Gasteiger partial charge in [0.1, 0.15) is 5.60 Å². The van der Waals surface area contributed by atoms with Crippen molar-refractivity contribution in [3.63, 3.8) is 0 Å². The number of rotatable bonds is 2. The van der Waals surface area contributed by atoms with Crippen molar-refractivity contribution in [1.82, 2.24) is 5.32 Å². The molecule has 2 aliphatic heterocycles. The molecule has 0 aromatic heterocycles. The number of halogens is 2. The predicted octanol–water partition coefficient (Wildman–Crippen LogP) is 3.36. The van der Waals surface area contributed by atoms with E-state index in [4.69, 9.17) is 27.9 Å². The monoisotopic (exact) mass is 271 g/mol. The second-order valence-corrected chi connectivity index (χ2v) is 5.67. The molecule has 3 unspecified atom stereocenters. The van der Waals surface area contributed by atoms with Gasteiger partial charge >= 0.3 is 0 Å². The minimum absolute atomic E-state index is 0.201. The van der Waals surface area contributed by atoms with E-state index in [0.717, 1.165) is 25.0 Å². The Labute approximate surface area is 111 Å². The first-order valence-electron chi connectivity index (χ1n) is 6.01.